The molecule has 0 spiro atoms. The Labute approximate surface area is 153 Å². The summed E-state index contributed by atoms with van der Waals surface area (Å²) in [6.45, 7) is 0. The van der Waals surface area contributed by atoms with Crippen LogP contribution < -0.4 is 8.91 Å². The lowest BCUT2D eigenvalue weighted by molar-refractivity contribution is -0.137. The molecule has 2 rings (SSSR count). The summed E-state index contributed by atoms with van der Waals surface area (Å²) in [7, 11) is 0. The molecule has 0 bridgehead atoms. The molecule has 0 radical (unpaired) electrons. The summed E-state index contributed by atoms with van der Waals surface area (Å²) in [5.41, 5.74) is 0. The number of allylic oxidation sites excluding steroid dienone is 2. The average Bonchev–Trinajstić information content (AvgIpc) is 2.96. The fourth-order valence-electron chi connectivity index (χ4n) is 2.70. The largest absolute Gasteiger partial charge is 0.481 e. The molecule has 7 heteroatoms. The van der Waals surface area contributed by atoms with Crippen molar-refractivity contribution in [3.05, 3.63) is 40.9 Å². The van der Waals surface area contributed by atoms with Crippen LogP contribution in [0.3, 0.4) is 0 Å². The van der Waals surface area contributed by atoms with Crippen molar-refractivity contribution in [2.45, 2.75) is 44.6 Å². The standard InChI is InChI=1S/C17H22BrNO4S/c18-14-7-10-16(11-8-14)23-24(22)19-15-9-6-13(12-15)4-2-1-3-5-17(20)21/h2,4,7-8,10-11,13,15,19H,1,3,5-6,9,12H2,(H,20,21)/t13-,15?,24?/m1/s1. The van der Waals surface area contributed by atoms with Gasteiger partial charge in [0.25, 0.3) is 11.3 Å². The molecule has 1 saturated carbocycles. The Bertz CT molecular complexity index is 591. The van der Waals surface area contributed by atoms with Gasteiger partial charge in [0.1, 0.15) is 5.75 Å². The van der Waals surface area contributed by atoms with Crippen molar-refractivity contribution in [2.24, 2.45) is 5.92 Å². The third-order valence-corrected chi connectivity index (χ3v) is 5.29. The summed E-state index contributed by atoms with van der Waals surface area (Å²) < 4.78 is 21.3. The molecule has 1 aliphatic carbocycles. The van der Waals surface area contributed by atoms with Gasteiger partial charge in [-0.25, -0.2) is 4.72 Å². The van der Waals surface area contributed by atoms with Crippen LogP contribution in [-0.4, -0.2) is 21.3 Å². The van der Waals surface area contributed by atoms with Gasteiger partial charge in [-0.1, -0.05) is 28.1 Å². The lowest BCUT2D eigenvalue weighted by Crippen LogP contribution is -2.31. The number of aliphatic carboxylic acids is 1. The van der Waals surface area contributed by atoms with Gasteiger partial charge < -0.3 is 9.29 Å². The first-order chi connectivity index (χ1) is 11.5. The lowest BCUT2D eigenvalue weighted by Gasteiger charge is -2.11. The summed E-state index contributed by atoms with van der Waals surface area (Å²) in [6, 6.07) is 7.39. The number of halogens is 1. The van der Waals surface area contributed by atoms with Crippen LogP contribution in [0.2, 0.25) is 0 Å². The molecular weight excluding hydrogens is 394 g/mol. The van der Waals surface area contributed by atoms with Gasteiger partial charge in [0.05, 0.1) is 0 Å². The first kappa shape index (κ1) is 19.1. The van der Waals surface area contributed by atoms with Gasteiger partial charge in [-0.3, -0.25) is 4.79 Å². The molecule has 0 saturated heterocycles. The zero-order chi connectivity index (χ0) is 17.4. The summed E-state index contributed by atoms with van der Waals surface area (Å²) in [6.07, 6.45) is 8.82. The number of hydrogen-bond donors (Lipinski definition) is 2. The van der Waals surface area contributed by atoms with Crippen molar-refractivity contribution < 1.29 is 18.3 Å². The molecule has 1 aliphatic rings. The number of benzene rings is 1. The second-order valence-electron chi connectivity index (χ2n) is 5.87. The maximum atomic E-state index is 12.0. The molecule has 132 valence electrons. The highest BCUT2D eigenvalue weighted by atomic mass is 79.9. The van der Waals surface area contributed by atoms with Crippen LogP contribution in [0, 0.1) is 5.92 Å². The highest BCUT2D eigenvalue weighted by molar-refractivity contribution is 9.10. The maximum Gasteiger partial charge on any atom is 0.303 e. The van der Waals surface area contributed by atoms with Crippen molar-refractivity contribution in [3.8, 4) is 5.75 Å². The fourth-order valence-corrected chi connectivity index (χ4v) is 3.78. The molecule has 5 nitrogen and oxygen atoms in total. The van der Waals surface area contributed by atoms with Crippen LogP contribution in [0.5, 0.6) is 5.75 Å². The molecule has 0 aromatic heterocycles. The van der Waals surface area contributed by atoms with Crippen LogP contribution in [-0.2, 0) is 16.1 Å². The van der Waals surface area contributed by atoms with E-state index in [0.717, 1.165) is 30.2 Å². The van der Waals surface area contributed by atoms with E-state index in [9.17, 15) is 9.00 Å². The van der Waals surface area contributed by atoms with Crippen LogP contribution in [0.4, 0.5) is 0 Å². The van der Waals surface area contributed by atoms with Gasteiger partial charge in [-0.2, -0.15) is 4.21 Å². The van der Waals surface area contributed by atoms with Gasteiger partial charge >= 0.3 is 5.97 Å². The smallest absolute Gasteiger partial charge is 0.303 e. The first-order valence-electron chi connectivity index (χ1n) is 8.03. The Morgan fingerprint density at radius 1 is 1.38 bits per heavy atom. The molecule has 0 amide bonds. The minimum Gasteiger partial charge on any atom is -0.481 e. The van der Waals surface area contributed by atoms with E-state index in [0.29, 0.717) is 18.1 Å². The van der Waals surface area contributed by atoms with Gasteiger partial charge in [0.15, 0.2) is 0 Å². The van der Waals surface area contributed by atoms with Gasteiger partial charge in [0, 0.05) is 16.9 Å². The van der Waals surface area contributed by atoms with E-state index in [2.05, 4.69) is 32.8 Å². The molecular formula is C17H22BrNO4S. The molecule has 24 heavy (non-hydrogen) atoms. The number of rotatable bonds is 9. The van der Waals surface area contributed by atoms with Crippen LogP contribution in [0.15, 0.2) is 40.9 Å². The van der Waals surface area contributed by atoms with Crippen molar-refractivity contribution in [1.82, 2.24) is 4.72 Å². The number of hydrogen-bond acceptors (Lipinski definition) is 3. The van der Waals surface area contributed by atoms with Crippen molar-refractivity contribution in [3.63, 3.8) is 0 Å². The monoisotopic (exact) mass is 415 g/mol. The SMILES string of the molecule is O=C(O)CCCC=C[C@@H]1CCC(NS(=O)Oc2ccc(Br)cc2)C1. The summed E-state index contributed by atoms with van der Waals surface area (Å²) in [4.78, 5) is 10.4. The molecule has 1 fully saturated rings. The Morgan fingerprint density at radius 3 is 2.83 bits per heavy atom. The van der Waals surface area contributed by atoms with Gasteiger partial charge in [-0.05, 0) is 62.3 Å². The summed E-state index contributed by atoms with van der Waals surface area (Å²) in [5, 5.41) is 8.59. The Hall–Kier alpha value is -1.18. The molecule has 3 atom stereocenters. The van der Waals surface area contributed by atoms with E-state index in [1.54, 1.807) is 12.1 Å². The first-order valence-corrected chi connectivity index (χ1v) is 9.90. The number of carbonyl (C=O) groups is 1. The average molecular weight is 416 g/mol. The zero-order valence-electron chi connectivity index (χ0n) is 13.3. The van der Waals surface area contributed by atoms with E-state index in [4.69, 9.17) is 9.29 Å². The van der Waals surface area contributed by atoms with Crippen molar-refractivity contribution in [1.29, 1.82) is 0 Å². The number of unbranched alkanes of at least 4 members (excludes halogenated alkanes) is 1. The normalized spacial score (nSPS) is 21.9. The molecule has 1 aromatic rings. The van der Waals surface area contributed by atoms with Gasteiger partial charge in [-0.15, -0.1) is 0 Å². The minimum absolute atomic E-state index is 0.176. The predicted octanol–water partition coefficient (Wildman–Crippen LogP) is 3.98. The van der Waals surface area contributed by atoms with Crippen LogP contribution in [0.25, 0.3) is 0 Å². The minimum atomic E-state index is -1.55. The van der Waals surface area contributed by atoms with E-state index in [1.165, 1.54) is 0 Å². The highest BCUT2D eigenvalue weighted by Crippen LogP contribution is 2.27. The molecule has 2 unspecified atom stereocenters. The third kappa shape index (κ3) is 7.15. The topological polar surface area (TPSA) is 75.6 Å². The third-order valence-electron chi connectivity index (χ3n) is 3.89. The van der Waals surface area contributed by atoms with Crippen LogP contribution >= 0.6 is 15.9 Å². The van der Waals surface area contributed by atoms with Crippen molar-refractivity contribution in [2.75, 3.05) is 0 Å². The lowest BCUT2D eigenvalue weighted by atomic mass is 10.1. The zero-order valence-corrected chi connectivity index (χ0v) is 15.7. The summed E-state index contributed by atoms with van der Waals surface area (Å²) >= 11 is 1.79. The van der Waals surface area contributed by atoms with Crippen molar-refractivity contribution >= 4 is 33.2 Å². The quantitative estimate of drug-likeness (QED) is 0.472. The Balaban J connectivity index is 1.67. The number of carboxylic acids is 1. The fraction of sp³-hybridized carbons (Fsp3) is 0.471. The highest BCUT2D eigenvalue weighted by Gasteiger charge is 2.24. The van der Waals surface area contributed by atoms with E-state index < -0.39 is 17.2 Å². The summed E-state index contributed by atoms with van der Waals surface area (Å²) in [5.74, 6) is 0.274. The molecule has 1 aromatic carbocycles. The molecule has 2 N–H and O–H groups in total. The second-order valence-corrected chi connectivity index (χ2v) is 7.66. The second kappa shape index (κ2) is 9.96. The van der Waals surface area contributed by atoms with E-state index in [1.807, 2.05) is 12.1 Å². The van der Waals surface area contributed by atoms with E-state index in [-0.39, 0.29) is 12.5 Å². The van der Waals surface area contributed by atoms with E-state index >= 15 is 0 Å². The van der Waals surface area contributed by atoms with Gasteiger partial charge in [0.2, 0.25) is 0 Å². The number of nitrogens with one attached hydrogen (secondary N) is 1. The molecule has 0 aliphatic heterocycles. The molecule has 0 heterocycles. The Kier molecular flexibility index (Phi) is 7.94. The number of carboxylic acid groups (broad SMARTS) is 1. The predicted molar refractivity (Wildman–Crippen MR) is 97.8 cm³/mol. The Morgan fingerprint density at radius 2 is 2.12 bits per heavy atom. The van der Waals surface area contributed by atoms with Crippen LogP contribution in [0.1, 0.15) is 38.5 Å². The maximum absolute atomic E-state index is 12.0.